The van der Waals surface area contributed by atoms with Gasteiger partial charge in [-0.05, 0) is 12.1 Å². The standard InChI is InChI=1S/C18H19ClN6O2S/c1-24-16(12-27-15-7-3-2-6-14(15)19)22-23-18(24)28-13-17(26)25(10-4-8-20)11-5-9-21/h2-3,6-7H,4-5,10-13H2,1H3. The Morgan fingerprint density at radius 2 is 1.93 bits per heavy atom. The third kappa shape index (κ3) is 6.15. The minimum atomic E-state index is -0.146. The Hall–Kier alpha value is -2.75. The SMILES string of the molecule is Cn1c(COc2ccccc2Cl)nnc1SCC(=O)N(CCC#N)CCC#N. The van der Waals surface area contributed by atoms with Gasteiger partial charge in [-0.25, -0.2) is 0 Å². The Labute approximate surface area is 172 Å². The fourth-order valence-electron chi connectivity index (χ4n) is 2.25. The molecule has 10 heteroatoms. The monoisotopic (exact) mass is 418 g/mol. The summed E-state index contributed by atoms with van der Waals surface area (Å²) < 4.78 is 7.42. The molecular formula is C18H19ClN6O2S. The number of hydrogen-bond acceptors (Lipinski definition) is 7. The number of para-hydroxylation sites is 1. The van der Waals surface area contributed by atoms with Gasteiger partial charge in [0, 0.05) is 20.1 Å². The molecule has 1 amide bonds. The van der Waals surface area contributed by atoms with Gasteiger partial charge in [0.25, 0.3) is 0 Å². The number of hydrogen-bond donors (Lipinski definition) is 0. The van der Waals surface area contributed by atoms with E-state index in [1.807, 2.05) is 24.3 Å². The molecule has 0 fully saturated rings. The van der Waals surface area contributed by atoms with E-state index in [1.54, 1.807) is 23.7 Å². The predicted octanol–water partition coefficient (Wildman–Crippen LogP) is 2.80. The van der Waals surface area contributed by atoms with Crippen LogP contribution in [0.5, 0.6) is 5.75 Å². The van der Waals surface area contributed by atoms with Crippen LogP contribution in [0, 0.1) is 22.7 Å². The summed E-state index contributed by atoms with van der Waals surface area (Å²) in [6.07, 6.45) is 0.463. The molecule has 2 aromatic rings. The molecule has 0 N–H and O–H groups in total. The zero-order valence-corrected chi connectivity index (χ0v) is 16.9. The van der Waals surface area contributed by atoms with Crippen LogP contribution >= 0.6 is 23.4 Å². The summed E-state index contributed by atoms with van der Waals surface area (Å²) in [5.74, 6) is 1.16. The van der Waals surface area contributed by atoms with Crippen LogP contribution in [-0.4, -0.2) is 44.4 Å². The molecule has 0 radical (unpaired) electrons. The van der Waals surface area contributed by atoms with Crippen LogP contribution < -0.4 is 4.74 Å². The van der Waals surface area contributed by atoms with Gasteiger partial charge in [-0.3, -0.25) is 4.79 Å². The van der Waals surface area contributed by atoms with Crippen molar-refractivity contribution < 1.29 is 9.53 Å². The first-order valence-corrected chi connectivity index (χ1v) is 9.83. The van der Waals surface area contributed by atoms with Crippen LogP contribution in [-0.2, 0) is 18.4 Å². The van der Waals surface area contributed by atoms with E-state index in [2.05, 4.69) is 10.2 Å². The minimum absolute atomic E-state index is 0.146. The van der Waals surface area contributed by atoms with Crippen LogP contribution in [0.4, 0.5) is 0 Å². The zero-order chi connectivity index (χ0) is 20.4. The average Bonchev–Trinajstić information content (AvgIpc) is 3.05. The first-order chi connectivity index (χ1) is 13.6. The molecule has 0 aliphatic rings. The van der Waals surface area contributed by atoms with Crippen molar-refractivity contribution in [3.63, 3.8) is 0 Å². The summed E-state index contributed by atoms with van der Waals surface area (Å²) in [6.45, 7) is 0.818. The number of nitrogens with zero attached hydrogens (tertiary/aromatic N) is 6. The highest BCUT2D eigenvalue weighted by Gasteiger charge is 2.16. The summed E-state index contributed by atoms with van der Waals surface area (Å²) in [4.78, 5) is 13.9. The van der Waals surface area contributed by atoms with E-state index in [4.69, 9.17) is 26.9 Å². The molecule has 0 spiro atoms. The highest BCUT2D eigenvalue weighted by Crippen LogP contribution is 2.24. The highest BCUT2D eigenvalue weighted by molar-refractivity contribution is 7.99. The third-order valence-corrected chi connectivity index (χ3v) is 5.10. The maximum absolute atomic E-state index is 12.4. The van der Waals surface area contributed by atoms with E-state index in [1.165, 1.54) is 16.7 Å². The lowest BCUT2D eigenvalue weighted by Crippen LogP contribution is -2.34. The Bertz CT molecular complexity index is 871. The second-order valence-electron chi connectivity index (χ2n) is 5.66. The van der Waals surface area contributed by atoms with Gasteiger partial charge >= 0.3 is 0 Å². The van der Waals surface area contributed by atoms with Crippen molar-refractivity contribution in [2.24, 2.45) is 7.05 Å². The smallest absolute Gasteiger partial charge is 0.233 e. The summed E-state index contributed by atoms with van der Waals surface area (Å²) in [6, 6.07) is 11.2. The van der Waals surface area contributed by atoms with Gasteiger partial charge in [0.2, 0.25) is 5.91 Å². The maximum atomic E-state index is 12.4. The van der Waals surface area contributed by atoms with Gasteiger partial charge in [0.15, 0.2) is 11.0 Å². The summed E-state index contributed by atoms with van der Waals surface area (Å²) in [7, 11) is 1.79. The largest absolute Gasteiger partial charge is 0.484 e. The molecule has 2 rings (SSSR count). The number of aromatic nitrogens is 3. The molecule has 8 nitrogen and oxygen atoms in total. The molecule has 146 valence electrons. The van der Waals surface area contributed by atoms with Crippen molar-refractivity contribution in [2.45, 2.75) is 24.6 Å². The molecule has 0 aliphatic heterocycles. The fraction of sp³-hybridized carbons (Fsp3) is 0.389. The van der Waals surface area contributed by atoms with Gasteiger partial charge < -0.3 is 14.2 Å². The second-order valence-corrected chi connectivity index (χ2v) is 7.01. The molecule has 1 aromatic carbocycles. The zero-order valence-electron chi connectivity index (χ0n) is 15.3. The van der Waals surface area contributed by atoms with Gasteiger partial charge in [0.05, 0.1) is 35.8 Å². The molecule has 1 aromatic heterocycles. The van der Waals surface area contributed by atoms with E-state index in [-0.39, 0.29) is 31.1 Å². The molecule has 28 heavy (non-hydrogen) atoms. The fourth-order valence-corrected chi connectivity index (χ4v) is 3.27. The number of carbonyl (C=O) groups excluding carboxylic acids is 1. The van der Waals surface area contributed by atoms with Crippen LogP contribution in [0.2, 0.25) is 5.02 Å². The lowest BCUT2D eigenvalue weighted by atomic mass is 10.3. The van der Waals surface area contributed by atoms with Crippen LogP contribution in [0.1, 0.15) is 18.7 Å². The van der Waals surface area contributed by atoms with Gasteiger partial charge in [0.1, 0.15) is 12.4 Å². The van der Waals surface area contributed by atoms with Crippen LogP contribution in [0.3, 0.4) is 0 Å². The topological polar surface area (TPSA) is 108 Å². The highest BCUT2D eigenvalue weighted by atomic mass is 35.5. The summed E-state index contributed by atoms with van der Waals surface area (Å²) in [5, 5.41) is 26.7. The normalized spacial score (nSPS) is 10.1. The van der Waals surface area contributed by atoms with Crippen LogP contribution in [0.15, 0.2) is 29.4 Å². The van der Waals surface area contributed by atoms with E-state index >= 15 is 0 Å². The number of amides is 1. The van der Waals surface area contributed by atoms with Crippen molar-refractivity contribution in [2.75, 3.05) is 18.8 Å². The molecule has 0 unspecified atom stereocenters. The van der Waals surface area contributed by atoms with Crippen molar-refractivity contribution >= 4 is 29.3 Å². The van der Waals surface area contributed by atoms with E-state index in [9.17, 15) is 4.79 Å². The predicted molar refractivity (Wildman–Crippen MR) is 105 cm³/mol. The number of nitriles is 2. The maximum Gasteiger partial charge on any atom is 0.233 e. The molecule has 0 saturated heterocycles. The lowest BCUT2D eigenvalue weighted by molar-refractivity contribution is -0.128. The number of rotatable bonds is 10. The minimum Gasteiger partial charge on any atom is -0.484 e. The Balaban J connectivity index is 1.92. The number of thioether (sulfide) groups is 1. The lowest BCUT2D eigenvalue weighted by Gasteiger charge is -2.19. The molecule has 0 bridgehead atoms. The van der Waals surface area contributed by atoms with Gasteiger partial charge in [-0.2, -0.15) is 10.5 Å². The first kappa shape index (κ1) is 21.5. The van der Waals surface area contributed by atoms with Crippen molar-refractivity contribution in [3.8, 4) is 17.9 Å². The first-order valence-electron chi connectivity index (χ1n) is 8.47. The van der Waals surface area contributed by atoms with E-state index in [0.717, 1.165) is 0 Å². The Morgan fingerprint density at radius 1 is 1.25 bits per heavy atom. The quantitative estimate of drug-likeness (QED) is 0.546. The molecule has 0 saturated carbocycles. The van der Waals surface area contributed by atoms with Crippen LogP contribution in [0.25, 0.3) is 0 Å². The number of ether oxygens (including phenoxy) is 1. The van der Waals surface area contributed by atoms with Gasteiger partial charge in [-0.1, -0.05) is 35.5 Å². The van der Waals surface area contributed by atoms with Gasteiger partial charge in [-0.15, -0.1) is 10.2 Å². The van der Waals surface area contributed by atoms with Crippen molar-refractivity contribution in [1.29, 1.82) is 10.5 Å². The van der Waals surface area contributed by atoms with Crippen molar-refractivity contribution in [3.05, 3.63) is 35.1 Å². The van der Waals surface area contributed by atoms with E-state index < -0.39 is 0 Å². The molecule has 0 aliphatic carbocycles. The summed E-state index contributed by atoms with van der Waals surface area (Å²) >= 11 is 7.31. The van der Waals surface area contributed by atoms with Crippen molar-refractivity contribution in [1.82, 2.24) is 19.7 Å². The average molecular weight is 419 g/mol. The molecule has 1 heterocycles. The third-order valence-electron chi connectivity index (χ3n) is 3.78. The Kier molecular flexibility index (Phi) is 8.60. The summed E-state index contributed by atoms with van der Waals surface area (Å²) in [5.41, 5.74) is 0. The number of halogens is 1. The second kappa shape index (κ2) is 11.2. The number of benzene rings is 1. The number of carbonyl (C=O) groups is 1. The molecular weight excluding hydrogens is 400 g/mol. The Morgan fingerprint density at radius 3 is 2.57 bits per heavy atom. The molecule has 0 atom stereocenters. The van der Waals surface area contributed by atoms with E-state index in [0.29, 0.717) is 34.8 Å².